The van der Waals surface area contributed by atoms with E-state index in [1.54, 1.807) is 53.8 Å². The lowest BCUT2D eigenvalue weighted by molar-refractivity contribution is -0.0384. The van der Waals surface area contributed by atoms with E-state index in [4.69, 9.17) is 19.2 Å². The molecule has 1 saturated heterocycles. The van der Waals surface area contributed by atoms with Crippen LogP contribution in [0.4, 0.5) is 15.4 Å². The van der Waals surface area contributed by atoms with E-state index in [9.17, 15) is 9.59 Å². The second-order valence-electron chi connectivity index (χ2n) is 12.6. The fourth-order valence-electron chi connectivity index (χ4n) is 4.96. The predicted molar refractivity (Wildman–Crippen MR) is 163 cm³/mol. The number of aromatic nitrogens is 4. The van der Waals surface area contributed by atoms with E-state index in [2.05, 4.69) is 27.2 Å². The molecule has 5 rings (SSSR count). The fraction of sp³-hybridized carbons (Fsp3) is 0.438. The van der Waals surface area contributed by atoms with E-state index in [0.717, 1.165) is 46.7 Å². The molecule has 0 radical (unpaired) electrons. The van der Waals surface area contributed by atoms with Gasteiger partial charge >= 0.3 is 12.2 Å². The van der Waals surface area contributed by atoms with Crippen LogP contribution in [0.1, 0.15) is 72.6 Å². The Balaban J connectivity index is 1.59. The molecule has 228 valence electrons. The molecule has 1 aliphatic heterocycles. The van der Waals surface area contributed by atoms with Crippen LogP contribution in [0.15, 0.2) is 60.8 Å². The highest BCUT2D eigenvalue weighted by atomic mass is 16.6. The number of ether oxygens (including phenoxy) is 3. The average molecular weight is 589 g/mol. The number of rotatable bonds is 5. The molecule has 11 nitrogen and oxygen atoms in total. The quantitative estimate of drug-likeness (QED) is 0.254. The van der Waals surface area contributed by atoms with Gasteiger partial charge < -0.3 is 18.8 Å². The summed E-state index contributed by atoms with van der Waals surface area (Å²) in [7, 11) is 0. The predicted octanol–water partition coefficient (Wildman–Crippen LogP) is 6.83. The van der Waals surface area contributed by atoms with Gasteiger partial charge in [0.2, 0.25) is 0 Å². The van der Waals surface area contributed by atoms with Gasteiger partial charge in [-0.15, -0.1) is 0 Å². The number of hydrazine groups is 1. The van der Waals surface area contributed by atoms with Crippen LogP contribution < -0.4 is 10.4 Å². The van der Waals surface area contributed by atoms with Gasteiger partial charge in [-0.1, -0.05) is 30.3 Å². The number of benzene rings is 1. The van der Waals surface area contributed by atoms with Crippen LogP contribution >= 0.6 is 0 Å². The van der Waals surface area contributed by atoms with Crippen molar-refractivity contribution < 1.29 is 23.8 Å². The van der Waals surface area contributed by atoms with Gasteiger partial charge in [0.15, 0.2) is 12.0 Å². The average Bonchev–Trinajstić information content (AvgIpc) is 3.55. The van der Waals surface area contributed by atoms with Crippen LogP contribution in [0.25, 0.3) is 22.4 Å². The number of amides is 2. The summed E-state index contributed by atoms with van der Waals surface area (Å²) >= 11 is 0. The third-order valence-electron chi connectivity index (χ3n) is 6.69. The molecule has 43 heavy (non-hydrogen) atoms. The van der Waals surface area contributed by atoms with E-state index in [1.165, 1.54) is 0 Å². The van der Waals surface area contributed by atoms with Gasteiger partial charge in [-0.2, -0.15) is 10.1 Å². The fourth-order valence-corrected chi connectivity index (χ4v) is 4.96. The number of carbonyl (C=O) groups excluding carboxylic acids is 2. The van der Waals surface area contributed by atoms with Gasteiger partial charge in [-0.05, 0) is 90.6 Å². The standard InChI is InChI=1S/C32H40N6O5/c1-31(2,3)42-29(39)35-38(30(40)43-32(4,5)6)27-16-15-24-23(34-27)20-26(36(24)21-22-12-8-7-9-13-22)25-17-18-33-37(25)28-14-10-11-19-41-28/h7-9,12-13,15-18,20,28H,10-11,14,19,21H2,1-6H3,(H,35,39). The van der Waals surface area contributed by atoms with Gasteiger partial charge in [0, 0.05) is 19.3 Å². The van der Waals surface area contributed by atoms with Crippen molar-refractivity contribution in [3.8, 4) is 11.4 Å². The number of anilines is 1. The van der Waals surface area contributed by atoms with Crippen molar-refractivity contribution >= 4 is 29.0 Å². The summed E-state index contributed by atoms with van der Waals surface area (Å²) in [6.45, 7) is 11.8. The summed E-state index contributed by atoms with van der Waals surface area (Å²) in [5, 5.41) is 5.61. The highest BCUT2D eigenvalue weighted by molar-refractivity contribution is 5.92. The molecule has 0 aliphatic carbocycles. The first-order valence-electron chi connectivity index (χ1n) is 14.6. The number of nitrogens with one attached hydrogen (secondary N) is 1. The Hall–Kier alpha value is -4.38. The molecule has 1 fully saturated rings. The van der Waals surface area contributed by atoms with Crippen molar-refractivity contribution in [1.82, 2.24) is 24.8 Å². The van der Waals surface area contributed by atoms with E-state index in [-0.39, 0.29) is 12.0 Å². The Morgan fingerprint density at radius 3 is 2.40 bits per heavy atom. The lowest BCUT2D eigenvalue weighted by Gasteiger charge is -2.28. The van der Waals surface area contributed by atoms with E-state index in [1.807, 2.05) is 41.1 Å². The second-order valence-corrected chi connectivity index (χ2v) is 12.6. The third kappa shape index (κ3) is 7.34. The van der Waals surface area contributed by atoms with Crippen molar-refractivity contribution in [3.63, 3.8) is 0 Å². The third-order valence-corrected chi connectivity index (χ3v) is 6.69. The van der Waals surface area contributed by atoms with Crippen molar-refractivity contribution in [3.05, 3.63) is 66.4 Å². The van der Waals surface area contributed by atoms with Crippen molar-refractivity contribution in [1.29, 1.82) is 0 Å². The Labute approximate surface area is 251 Å². The van der Waals surface area contributed by atoms with Crippen LogP contribution in [0.5, 0.6) is 0 Å². The van der Waals surface area contributed by atoms with Crippen molar-refractivity contribution in [2.75, 3.05) is 11.6 Å². The van der Waals surface area contributed by atoms with E-state index < -0.39 is 23.4 Å². The number of hydrogen-bond donors (Lipinski definition) is 1. The zero-order valence-electron chi connectivity index (χ0n) is 25.7. The molecule has 11 heteroatoms. The molecular formula is C32H40N6O5. The Morgan fingerprint density at radius 1 is 0.977 bits per heavy atom. The molecule has 0 bridgehead atoms. The first-order chi connectivity index (χ1) is 20.4. The van der Waals surface area contributed by atoms with E-state index in [0.29, 0.717) is 18.7 Å². The van der Waals surface area contributed by atoms with Crippen LogP contribution in [-0.4, -0.2) is 49.3 Å². The minimum Gasteiger partial charge on any atom is -0.443 e. The molecule has 1 N–H and O–H groups in total. The van der Waals surface area contributed by atoms with Crippen molar-refractivity contribution in [2.24, 2.45) is 0 Å². The van der Waals surface area contributed by atoms with E-state index >= 15 is 0 Å². The lowest BCUT2D eigenvalue weighted by Crippen LogP contribution is -2.50. The minimum absolute atomic E-state index is 0.147. The molecule has 1 aromatic carbocycles. The first-order valence-corrected chi connectivity index (χ1v) is 14.6. The zero-order chi connectivity index (χ0) is 30.8. The van der Waals surface area contributed by atoms with Gasteiger partial charge in [-0.25, -0.2) is 24.7 Å². The van der Waals surface area contributed by atoms with Gasteiger partial charge in [0.1, 0.15) is 11.2 Å². The van der Waals surface area contributed by atoms with Crippen LogP contribution in [-0.2, 0) is 20.8 Å². The number of hydrogen-bond acceptors (Lipinski definition) is 7. The summed E-state index contributed by atoms with van der Waals surface area (Å²) < 4.78 is 21.2. The molecular weight excluding hydrogens is 548 g/mol. The van der Waals surface area contributed by atoms with Gasteiger partial charge in [-0.3, -0.25) is 0 Å². The normalized spacial score (nSPS) is 15.7. The molecule has 1 aliphatic rings. The molecule has 1 unspecified atom stereocenters. The number of fused-ring (bicyclic) bond motifs is 1. The highest BCUT2D eigenvalue weighted by Crippen LogP contribution is 2.33. The molecule has 1 atom stereocenters. The SMILES string of the molecule is CC(C)(C)OC(=O)NN(C(=O)OC(C)(C)C)c1ccc2c(cc(-c3ccnn3C3CCCCO3)n2Cc2ccccc2)n1. The molecule has 2 amide bonds. The lowest BCUT2D eigenvalue weighted by atomic mass is 10.2. The topological polar surface area (TPSA) is 113 Å². The van der Waals surface area contributed by atoms with Gasteiger partial charge in [0.05, 0.1) is 22.4 Å². The van der Waals surface area contributed by atoms with Crippen molar-refractivity contribution in [2.45, 2.75) is 84.8 Å². The second kappa shape index (κ2) is 12.1. The summed E-state index contributed by atoms with van der Waals surface area (Å²) in [6, 6.07) is 17.7. The maximum absolute atomic E-state index is 13.3. The van der Waals surface area contributed by atoms with Crippen LogP contribution in [0.3, 0.4) is 0 Å². The molecule has 3 aromatic heterocycles. The number of nitrogens with zero attached hydrogens (tertiary/aromatic N) is 5. The Morgan fingerprint density at radius 2 is 1.72 bits per heavy atom. The number of pyridine rings is 1. The smallest absolute Gasteiger partial charge is 0.435 e. The largest absolute Gasteiger partial charge is 0.443 e. The summed E-state index contributed by atoms with van der Waals surface area (Å²) in [4.78, 5) is 30.8. The highest BCUT2D eigenvalue weighted by Gasteiger charge is 2.29. The monoisotopic (exact) mass is 588 g/mol. The van der Waals surface area contributed by atoms with Crippen LogP contribution in [0.2, 0.25) is 0 Å². The summed E-state index contributed by atoms with van der Waals surface area (Å²) in [6.07, 6.45) is 3.04. The first kappa shape index (κ1) is 30.1. The maximum Gasteiger partial charge on any atom is 0.435 e. The zero-order valence-corrected chi connectivity index (χ0v) is 25.7. The molecule has 0 saturated carbocycles. The Kier molecular flexibility index (Phi) is 8.45. The molecule has 4 aromatic rings. The summed E-state index contributed by atoms with van der Waals surface area (Å²) in [5.74, 6) is 0.181. The molecule has 4 heterocycles. The van der Waals surface area contributed by atoms with Gasteiger partial charge in [0.25, 0.3) is 0 Å². The molecule has 0 spiro atoms. The minimum atomic E-state index is -0.807. The Bertz CT molecular complexity index is 1580. The number of carbonyl (C=O) groups is 2. The maximum atomic E-state index is 13.3. The van der Waals surface area contributed by atoms with Crippen LogP contribution in [0, 0.1) is 0 Å². The summed E-state index contributed by atoms with van der Waals surface area (Å²) in [5.41, 5.74) is 5.34.